The van der Waals surface area contributed by atoms with Crippen molar-refractivity contribution in [2.45, 2.75) is 32.6 Å². The van der Waals surface area contributed by atoms with Gasteiger partial charge in [0.15, 0.2) is 5.78 Å². The highest BCUT2D eigenvalue weighted by atomic mass is 79.9. The molecule has 0 atom stereocenters. The van der Waals surface area contributed by atoms with Crippen molar-refractivity contribution in [3.63, 3.8) is 0 Å². The topological polar surface area (TPSA) is 66.8 Å². The van der Waals surface area contributed by atoms with E-state index in [1.807, 2.05) is 26.0 Å². The van der Waals surface area contributed by atoms with Crippen LogP contribution < -0.4 is 4.74 Å². The fourth-order valence-electron chi connectivity index (χ4n) is 3.32. The Morgan fingerprint density at radius 1 is 1.06 bits per heavy atom. The third-order valence-electron chi connectivity index (χ3n) is 4.92. The normalized spacial score (nSPS) is 11.0. The van der Waals surface area contributed by atoms with Gasteiger partial charge in [-0.25, -0.2) is 0 Å². The molecule has 3 aromatic carbocycles. The maximum atomic E-state index is 12.2. The Hall–Kier alpha value is -2.50. The van der Waals surface area contributed by atoms with Gasteiger partial charge in [-0.15, -0.1) is 0 Å². The van der Waals surface area contributed by atoms with Gasteiger partial charge in [0, 0.05) is 22.3 Å². The average molecular weight is 504 g/mol. The summed E-state index contributed by atoms with van der Waals surface area (Å²) in [5.74, 6) is 1.03. The van der Waals surface area contributed by atoms with Crippen LogP contribution in [0.25, 0.3) is 0 Å². The lowest BCUT2D eigenvalue weighted by Crippen LogP contribution is -2.14. The van der Waals surface area contributed by atoms with Crippen molar-refractivity contribution in [1.29, 1.82) is 0 Å². The van der Waals surface area contributed by atoms with Crippen LogP contribution in [0.2, 0.25) is 5.02 Å². The highest BCUT2D eigenvalue weighted by molar-refractivity contribution is 9.10. The second-order valence-electron chi connectivity index (χ2n) is 7.76. The molecule has 0 spiro atoms. The fourth-order valence-corrected chi connectivity index (χ4v) is 4.29. The first-order valence-corrected chi connectivity index (χ1v) is 11.1. The molecule has 0 aliphatic rings. The van der Waals surface area contributed by atoms with Gasteiger partial charge >= 0.3 is 0 Å². The van der Waals surface area contributed by atoms with Gasteiger partial charge in [-0.1, -0.05) is 65.6 Å². The summed E-state index contributed by atoms with van der Waals surface area (Å²) in [7, 11) is 0. The van der Waals surface area contributed by atoms with Crippen LogP contribution in [0.1, 0.15) is 42.0 Å². The third kappa shape index (κ3) is 6.25. The second-order valence-corrected chi connectivity index (χ2v) is 9.03. The van der Waals surface area contributed by atoms with Crippen molar-refractivity contribution in [2.24, 2.45) is 0 Å². The van der Waals surface area contributed by atoms with E-state index in [2.05, 4.69) is 15.9 Å². The summed E-state index contributed by atoms with van der Waals surface area (Å²) in [6.45, 7) is 3.98. The SMILES string of the molecule is CC(C)c1cc(Cc2c(Cl)cc(OCC(=O)Cc3cccc(O)c3)cc2Br)ccc1O. The number of rotatable bonds is 8. The summed E-state index contributed by atoms with van der Waals surface area (Å²) in [5.41, 5.74) is 3.58. The van der Waals surface area contributed by atoms with E-state index in [0.717, 1.165) is 26.7 Å². The number of hydrogen-bond acceptors (Lipinski definition) is 4. The molecule has 4 nitrogen and oxygen atoms in total. The van der Waals surface area contributed by atoms with E-state index in [0.29, 0.717) is 22.9 Å². The Kier molecular flexibility index (Phi) is 7.63. The monoisotopic (exact) mass is 502 g/mol. The number of Topliss-reactive ketones (excluding diaryl/α,β-unsaturated/α-hetero) is 1. The highest BCUT2D eigenvalue weighted by Gasteiger charge is 2.13. The number of ether oxygens (including phenoxy) is 1. The standard InChI is InChI=1S/C25H24BrClO4/c1-15(2)21-10-17(6-7-25(21)30)11-22-23(26)12-20(13-24(22)27)31-14-19(29)9-16-4-3-5-18(28)8-16/h3-8,10,12-13,15,28,30H,9,11,14H2,1-2H3. The van der Waals surface area contributed by atoms with Crippen LogP contribution in [0.5, 0.6) is 17.2 Å². The molecule has 0 aliphatic heterocycles. The highest BCUT2D eigenvalue weighted by Crippen LogP contribution is 2.34. The molecule has 0 aromatic heterocycles. The van der Waals surface area contributed by atoms with E-state index in [1.54, 1.807) is 42.5 Å². The summed E-state index contributed by atoms with van der Waals surface area (Å²) >= 11 is 10.1. The number of halogens is 2. The summed E-state index contributed by atoms with van der Waals surface area (Å²) in [4.78, 5) is 12.2. The molecule has 162 valence electrons. The van der Waals surface area contributed by atoms with Crippen LogP contribution in [-0.2, 0) is 17.6 Å². The number of ketones is 1. The molecular weight excluding hydrogens is 480 g/mol. The Bertz CT molecular complexity index is 1070. The molecule has 0 amide bonds. The van der Waals surface area contributed by atoms with Gasteiger partial charge in [0.25, 0.3) is 0 Å². The van der Waals surface area contributed by atoms with Crippen LogP contribution in [0.15, 0.2) is 59.1 Å². The molecule has 0 saturated carbocycles. The minimum absolute atomic E-state index is 0.0898. The number of aromatic hydroxyl groups is 2. The number of carbonyl (C=O) groups is 1. The molecule has 2 N–H and O–H groups in total. The van der Waals surface area contributed by atoms with Crippen molar-refractivity contribution in [1.82, 2.24) is 0 Å². The first kappa shape index (κ1) is 23.2. The molecule has 0 bridgehead atoms. The van der Waals surface area contributed by atoms with E-state index in [4.69, 9.17) is 16.3 Å². The van der Waals surface area contributed by atoms with Crippen LogP contribution in [-0.4, -0.2) is 22.6 Å². The van der Waals surface area contributed by atoms with E-state index in [1.165, 1.54) is 0 Å². The molecule has 0 heterocycles. The Balaban J connectivity index is 1.67. The lowest BCUT2D eigenvalue weighted by molar-refractivity contribution is -0.120. The fraction of sp³-hybridized carbons (Fsp3) is 0.240. The lowest BCUT2D eigenvalue weighted by atomic mass is 9.96. The molecule has 0 aliphatic carbocycles. The number of carbonyl (C=O) groups excluding carboxylic acids is 1. The predicted molar refractivity (Wildman–Crippen MR) is 126 cm³/mol. The Morgan fingerprint density at radius 2 is 1.84 bits per heavy atom. The third-order valence-corrected chi connectivity index (χ3v) is 5.97. The lowest BCUT2D eigenvalue weighted by Gasteiger charge is -2.14. The van der Waals surface area contributed by atoms with Crippen LogP contribution in [0.3, 0.4) is 0 Å². The number of hydrogen-bond donors (Lipinski definition) is 2. The minimum atomic E-state index is -0.104. The van der Waals surface area contributed by atoms with Crippen LogP contribution >= 0.6 is 27.5 Å². The van der Waals surface area contributed by atoms with Crippen molar-refractivity contribution in [3.05, 3.63) is 86.3 Å². The zero-order valence-electron chi connectivity index (χ0n) is 17.4. The maximum Gasteiger partial charge on any atom is 0.174 e. The maximum absolute atomic E-state index is 12.2. The van der Waals surface area contributed by atoms with Gasteiger partial charge in [0.05, 0.1) is 0 Å². The average Bonchev–Trinajstić information content (AvgIpc) is 2.70. The first-order chi connectivity index (χ1) is 14.7. The molecule has 31 heavy (non-hydrogen) atoms. The van der Waals surface area contributed by atoms with E-state index in [-0.39, 0.29) is 30.5 Å². The second kappa shape index (κ2) is 10.2. The van der Waals surface area contributed by atoms with Gasteiger partial charge in [-0.05, 0) is 58.5 Å². The molecule has 0 unspecified atom stereocenters. The van der Waals surface area contributed by atoms with Crippen molar-refractivity contribution < 1.29 is 19.7 Å². The van der Waals surface area contributed by atoms with Gasteiger partial charge in [-0.3, -0.25) is 4.79 Å². The zero-order chi connectivity index (χ0) is 22.5. The predicted octanol–water partition coefficient (Wildman–Crippen LogP) is 6.42. The van der Waals surface area contributed by atoms with Gasteiger partial charge in [0.1, 0.15) is 23.9 Å². The van der Waals surface area contributed by atoms with Crippen molar-refractivity contribution in [3.8, 4) is 17.2 Å². The number of benzene rings is 3. The van der Waals surface area contributed by atoms with Gasteiger partial charge in [-0.2, -0.15) is 0 Å². The Morgan fingerprint density at radius 3 is 2.52 bits per heavy atom. The first-order valence-electron chi connectivity index (χ1n) is 9.95. The largest absolute Gasteiger partial charge is 0.508 e. The van der Waals surface area contributed by atoms with E-state index >= 15 is 0 Å². The van der Waals surface area contributed by atoms with Gasteiger partial charge < -0.3 is 14.9 Å². The minimum Gasteiger partial charge on any atom is -0.508 e. The van der Waals surface area contributed by atoms with Gasteiger partial charge in [0.2, 0.25) is 0 Å². The Labute approximate surface area is 195 Å². The van der Waals surface area contributed by atoms with Crippen molar-refractivity contribution >= 4 is 33.3 Å². The molecule has 0 saturated heterocycles. The van der Waals surface area contributed by atoms with Crippen LogP contribution in [0, 0.1) is 0 Å². The zero-order valence-corrected chi connectivity index (χ0v) is 19.7. The summed E-state index contributed by atoms with van der Waals surface area (Å²) in [6, 6.07) is 15.7. The van der Waals surface area contributed by atoms with Crippen molar-refractivity contribution in [2.75, 3.05) is 6.61 Å². The van der Waals surface area contributed by atoms with E-state index < -0.39 is 0 Å². The number of phenols is 2. The molecule has 6 heteroatoms. The molecule has 0 fully saturated rings. The smallest absolute Gasteiger partial charge is 0.174 e. The molecule has 0 radical (unpaired) electrons. The van der Waals surface area contributed by atoms with Crippen LogP contribution in [0.4, 0.5) is 0 Å². The molecule has 3 aromatic rings. The summed E-state index contributed by atoms with van der Waals surface area (Å²) in [6.07, 6.45) is 0.774. The number of phenolic OH excluding ortho intramolecular Hbond substituents is 2. The van der Waals surface area contributed by atoms with E-state index in [9.17, 15) is 15.0 Å². The molecular formula is C25H24BrClO4. The summed E-state index contributed by atoms with van der Waals surface area (Å²) < 4.78 is 6.43. The quantitative estimate of drug-likeness (QED) is 0.372. The molecule has 3 rings (SSSR count). The summed E-state index contributed by atoms with van der Waals surface area (Å²) in [5, 5.41) is 20.1.